The summed E-state index contributed by atoms with van der Waals surface area (Å²) in [6.07, 6.45) is 1.65. The molecule has 0 saturated heterocycles. The van der Waals surface area contributed by atoms with E-state index < -0.39 is 10.0 Å². The van der Waals surface area contributed by atoms with E-state index in [2.05, 4.69) is 54.6 Å². The van der Waals surface area contributed by atoms with Crippen LogP contribution in [0.25, 0.3) is 21.5 Å². The first-order valence-electron chi connectivity index (χ1n) is 11.6. The third-order valence-corrected chi connectivity index (χ3v) is 8.30. The van der Waals surface area contributed by atoms with Gasteiger partial charge in [0.1, 0.15) is 0 Å². The Hall–Kier alpha value is -4.15. The molecule has 0 saturated carbocycles. The van der Waals surface area contributed by atoms with Crippen LogP contribution in [0, 0.1) is 0 Å². The van der Waals surface area contributed by atoms with E-state index in [1.165, 1.54) is 9.36 Å². The molecule has 0 aliphatic heterocycles. The molecule has 0 spiro atoms. The Bertz CT molecular complexity index is 1750. The Balaban J connectivity index is 1.67. The van der Waals surface area contributed by atoms with Gasteiger partial charge >= 0.3 is 0 Å². The van der Waals surface area contributed by atoms with Crippen LogP contribution in [0.2, 0.25) is 0 Å². The van der Waals surface area contributed by atoms with Crippen molar-refractivity contribution in [1.29, 1.82) is 0 Å². The third kappa shape index (κ3) is 3.63. The zero-order valence-corrected chi connectivity index (χ0v) is 19.8. The average Bonchev–Trinajstić information content (AvgIpc) is 3.40. The van der Waals surface area contributed by atoms with Gasteiger partial charge in [-0.1, -0.05) is 97.1 Å². The van der Waals surface area contributed by atoms with E-state index in [-0.39, 0.29) is 10.8 Å². The van der Waals surface area contributed by atoms with Gasteiger partial charge in [-0.25, -0.2) is 12.4 Å². The van der Waals surface area contributed by atoms with E-state index in [0.717, 1.165) is 27.3 Å². The molecule has 0 amide bonds. The van der Waals surface area contributed by atoms with E-state index in [9.17, 15) is 8.42 Å². The lowest BCUT2D eigenvalue weighted by atomic mass is 9.84. The van der Waals surface area contributed by atoms with E-state index >= 15 is 0 Å². The normalized spacial score (nSPS) is 12.7. The average molecular weight is 474 g/mol. The van der Waals surface area contributed by atoms with Crippen molar-refractivity contribution in [2.75, 3.05) is 0 Å². The van der Waals surface area contributed by atoms with Crippen LogP contribution in [0.5, 0.6) is 0 Å². The summed E-state index contributed by atoms with van der Waals surface area (Å²) >= 11 is 0. The minimum absolute atomic E-state index is 0.271. The summed E-state index contributed by atoms with van der Waals surface area (Å²) in [5.41, 5.74) is 2.82. The van der Waals surface area contributed by atoms with Gasteiger partial charge in [0.05, 0.1) is 10.8 Å². The lowest BCUT2D eigenvalue weighted by Gasteiger charge is -2.23. The molecule has 0 aliphatic carbocycles. The number of hydrogen-bond acceptors (Lipinski definition) is 2. The predicted molar refractivity (Wildman–Crippen MR) is 142 cm³/mol. The fourth-order valence-electron chi connectivity index (χ4n) is 5.00. The fourth-order valence-corrected chi connectivity index (χ4v) is 6.41. The second kappa shape index (κ2) is 8.57. The molecule has 1 aromatic heterocycles. The molecule has 1 unspecified atom stereocenters. The third-order valence-electron chi connectivity index (χ3n) is 6.58. The summed E-state index contributed by atoms with van der Waals surface area (Å²) in [6, 6.07) is 41.4. The van der Waals surface area contributed by atoms with Gasteiger partial charge in [0.25, 0.3) is 10.0 Å². The van der Waals surface area contributed by atoms with Gasteiger partial charge in [-0.3, -0.25) is 0 Å². The zero-order chi connectivity index (χ0) is 23.8. The van der Waals surface area contributed by atoms with Gasteiger partial charge in [0.2, 0.25) is 0 Å². The van der Waals surface area contributed by atoms with Crippen LogP contribution in [0.3, 0.4) is 0 Å². The molecule has 6 aromatic rings. The zero-order valence-electron chi connectivity index (χ0n) is 19.0. The first-order valence-corrected chi connectivity index (χ1v) is 13.0. The van der Waals surface area contributed by atoms with Gasteiger partial charge in [0.15, 0.2) is 0 Å². The van der Waals surface area contributed by atoms with Crippen LogP contribution < -0.4 is 0 Å². The van der Waals surface area contributed by atoms with Crippen molar-refractivity contribution >= 4 is 31.6 Å². The summed E-state index contributed by atoms with van der Waals surface area (Å²) < 4.78 is 28.9. The number of fused-ring (bicyclic) bond motifs is 3. The smallest absolute Gasteiger partial charge is 0.245 e. The second-order valence-electron chi connectivity index (χ2n) is 8.62. The molecule has 0 N–H and O–H groups in total. The quantitative estimate of drug-likeness (QED) is 0.248. The van der Waals surface area contributed by atoms with Crippen molar-refractivity contribution in [2.45, 2.75) is 10.8 Å². The number of aromatic nitrogens is 1. The van der Waals surface area contributed by atoms with Crippen molar-refractivity contribution in [2.24, 2.45) is 0 Å². The molecule has 170 valence electrons. The van der Waals surface area contributed by atoms with Crippen molar-refractivity contribution in [3.63, 3.8) is 0 Å². The van der Waals surface area contributed by atoms with Crippen LogP contribution in [0.4, 0.5) is 0 Å². The standard InChI is InChI=1S/C31H23NO2S/c33-35(34,25-15-5-2-6-16-25)32-21-11-20-30(32)31(23-12-3-1-4-13-23)29-22-24-14-7-8-17-26(24)27-18-9-10-19-28(27)29/h1-22,31H. The largest absolute Gasteiger partial charge is 0.267 e. The van der Waals surface area contributed by atoms with Gasteiger partial charge in [0, 0.05) is 11.9 Å². The molecule has 1 atom stereocenters. The molecule has 0 radical (unpaired) electrons. The summed E-state index contributed by atoms with van der Waals surface area (Å²) in [4.78, 5) is 0.271. The lowest BCUT2D eigenvalue weighted by molar-refractivity contribution is 0.584. The van der Waals surface area contributed by atoms with Crippen LogP contribution in [0.15, 0.2) is 138 Å². The van der Waals surface area contributed by atoms with Gasteiger partial charge in [-0.05, 0) is 63.0 Å². The SMILES string of the molecule is O=S(=O)(c1ccccc1)n1cccc1C(c1ccccc1)c1cc2ccccc2c2ccccc12. The second-order valence-corrected chi connectivity index (χ2v) is 10.4. The molecule has 4 heteroatoms. The molecule has 5 aromatic carbocycles. The Morgan fingerprint density at radius 2 is 1.17 bits per heavy atom. The number of nitrogens with zero attached hydrogens (tertiary/aromatic N) is 1. The molecule has 0 fully saturated rings. The maximum atomic E-state index is 13.7. The van der Waals surface area contributed by atoms with Crippen molar-refractivity contribution in [1.82, 2.24) is 3.97 Å². The Kier molecular flexibility index (Phi) is 5.24. The highest BCUT2D eigenvalue weighted by molar-refractivity contribution is 7.90. The maximum Gasteiger partial charge on any atom is 0.267 e. The summed E-state index contributed by atoms with van der Waals surface area (Å²) in [6.45, 7) is 0. The molecule has 0 bridgehead atoms. The number of rotatable bonds is 5. The fraction of sp³-hybridized carbons (Fsp3) is 0.0323. The van der Waals surface area contributed by atoms with Crippen LogP contribution in [0.1, 0.15) is 22.7 Å². The molecular formula is C31H23NO2S. The highest BCUT2D eigenvalue weighted by Gasteiger charge is 2.27. The predicted octanol–water partition coefficient (Wildman–Crippen LogP) is 7.21. The maximum absolute atomic E-state index is 13.7. The monoisotopic (exact) mass is 473 g/mol. The Morgan fingerprint density at radius 3 is 1.91 bits per heavy atom. The highest BCUT2D eigenvalue weighted by atomic mass is 32.2. The first-order chi connectivity index (χ1) is 17.1. The highest BCUT2D eigenvalue weighted by Crippen LogP contribution is 2.40. The van der Waals surface area contributed by atoms with Crippen LogP contribution in [-0.2, 0) is 10.0 Å². The van der Waals surface area contributed by atoms with E-state index in [1.807, 2.05) is 48.5 Å². The first kappa shape index (κ1) is 21.4. The molecule has 0 aliphatic rings. The lowest BCUT2D eigenvalue weighted by Crippen LogP contribution is -2.18. The Labute approximate surface area is 205 Å². The molecule has 1 heterocycles. The van der Waals surface area contributed by atoms with E-state index in [4.69, 9.17) is 0 Å². The Morgan fingerprint density at radius 1 is 0.571 bits per heavy atom. The van der Waals surface area contributed by atoms with Crippen LogP contribution in [-0.4, -0.2) is 12.4 Å². The minimum Gasteiger partial charge on any atom is -0.245 e. The summed E-state index contributed by atoms with van der Waals surface area (Å²) in [5.74, 6) is -0.279. The molecule has 6 rings (SSSR count). The number of hydrogen-bond donors (Lipinski definition) is 0. The molecular weight excluding hydrogens is 450 g/mol. The van der Waals surface area contributed by atoms with E-state index in [1.54, 1.807) is 30.5 Å². The van der Waals surface area contributed by atoms with Crippen molar-refractivity contribution in [3.05, 3.63) is 150 Å². The van der Waals surface area contributed by atoms with E-state index in [0.29, 0.717) is 5.69 Å². The van der Waals surface area contributed by atoms with Crippen molar-refractivity contribution in [3.8, 4) is 0 Å². The van der Waals surface area contributed by atoms with Gasteiger partial charge in [-0.2, -0.15) is 0 Å². The molecule has 3 nitrogen and oxygen atoms in total. The minimum atomic E-state index is -3.77. The van der Waals surface area contributed by atoms with Gasteiger partial charge in [-0.15, -0.1) is 0 Å². The topological polar surface area (TPSA) is 39.1 Å². The molecule has 35 heavy (non-hydrogen) atoms. The van der Waals surface area contributed by atoms with Gasteiger partial charge < -0.3 is 0 Å². The van der Waals surface area contributed by atoms with Crippen LogP contribution >= 0.6 is 0 Å². The van der Waals surface area contributed by atoms with Crippen molar-refractivity contribution < 1.29 is 8.42 Å². The summed E-state index contributed by atoms with van der Waals surface area (Å²) in [7, 11) is -3.77. The number of benzene rings is 5. The summed E-state index contributed by atoms with van der Waals surface area (Å²) in [5, 5.41) is 4.59.